The molecule has 0 atom stereocenters. The van der Waals surface area contributed by atoms with E-state index in [9.17, 15) is 10.1 Å². The normalized spacial score (nSPS) is 11.5. The van der Waals surface area contributed by atoms with Gasteiger partial charge in [-0.15, -0.1) is 0 Å². The van der Waals surface area contributed by atoms with Gasteiger partial charge in [-0.2, -0.15) is 0 Å². The van der Waals surface area contributed by atoms with Crippen molar-refractivity contribution in [2.75, 3.05) is 0 Å². The summed E-state index contributed by atoms with van der Waals surface area (Å²) in [5.41, 5.74) is 0.572. The molecule has 0 saturated carbocycles. The molecule has 0 spiro atoms. The Hall–Kier alpha value is -1.20. The van der Waals surface area contributed by atoms with Gasteiger partial charge in [0, 0.05) is 5.56 Å². The summed E-state index contributed by atoms with van der Waals surface area (Å²) in [7, 11) is 2.94. The van der Waals surface area contributed by atoms with E-state index in [0.717, 1.165) is 0 Å². The van der Waals surface area contributed by atoms with Gasteiger partial charge in [-0.25, -0.2) is 0 Å². The average molecular weight is 222 g/mol. The van der Waals surface area contributed by atoms with E-state index in [1.165, 1.54) is 0 Å². The number of nitrogens with zero attached hydrogens (tertiary/aromatic N) is 1. The zero-order valence-electron chi connectivity index (χ0n) is 8.90. The van der Waals surface area contributed by atoms with Crippen LogP contribution < -0.4 is 0 Å². The van der Waals surface area contributed by atoms with Crippen LogP contribution in [0.2, 0.25) is 0 Å². The first-order chi connectivity index (χ1) is 6.90. The zero-order valence-corrected chi connectivity index (χ0v) is 9.90. The lowest BCUT2D eigenvalue weighted by Crippen LogP contribution is -2.22. The van der Waals surface area contributed by atoms with Crippen molar-refractivity contribution in [3.8, 4) is 0 Å². The van der Waals surface area contributed by atoms with Gasteiger partial charge in [0.05, 0.1) is 16.1 Å². The summed E-state index contributed by atoms with van der Waals surface area (Å²) < 4.78 is 5.07. The number of nitro benzene ring substituents is 1. The van der Waals surface area contributed by atoms with Crippen molar-refractivity contribution >= 4 is 16.2 Å². The SMILES string of the molecule is Cc1cccc(C(C)(C)O[Si])c1[N+](=O)[O-]. The maximum absolute atomic E-state index is 10.9. The highest BCUT2D eigenvalue weighted by atomic mass is 28.2. The molecule has 0 saturated heterocycles. The molecule has 5 heteroatoms. The van der Waals surface area contributed by atoms with Crippen LogP contribution in [-0.2, 0) is 10.0 Å². The Bertz CT molecular complexity index is 390. The van der Waals surface area contributed by atoms with E-state index in [0.29, 0.717) is 11.1 Å². The molecule has 0 bridgehead atoms. The van der Waals surface area contributed by atoms with Crippen LogP contribution in [0.5, 0.6) is 0 Å². The fraction of sp³-hybridized carbons (Fsp3) is 0.400. The number of nitro groups is 1. The third-order valence-corrected chi connectivity index (χ3v) is 2.83. The van der Waals surface area contributed by atoms with Gasteiger partial charge in [-0.05, 0) is 26.8 Å². The summed E-state index contributed by atoms with van der Waals surface area (Å²) in [5, 5.41) is 10.9. The van der Waals surface area contributed by atoms with E-state index in [1.807, 2.05) is 0 Å². The van der Waals surface area contributed by atoms with Crippen molar-refractivity contribution in [2.45, 2.75) is 26.4 Å². The van der Waals surface area contributed by atoms with Gasteiger partial charge < -0.3 is 4.43 Å². The lowest BCUT2D eigenvalue weighted by Gasteiger charge is -2.23. The Morgan fingerprint density at radius 2 is 2.07 bits per heavy atom. The Balaban J connectivity index is 3.42. The number of benzene rings is 1. The first kappa shape index (κ1) is 11.9. The molecule has 0 aliphatic rings. The smallest absolute Gasteiger partial charge is 0.278 e. The molecule has 0 heterocycles. The van der Waals surface area contributed by atoms with Crippen LogP contribution in [0.3, 0.4) is 0 Å². The monoisotopic (exact) mass is 222 g/mol. The zero-order chi connectivity index (χ0) is 11.6. The predicted octanol–water partition coefficient (Wildman–Crippen LogP) is 2.24. The van der Waals surface area contributed by atoms with Crippen molar-refractivity contribution in [1.29, 1.82) is 0 Å². The molecule has 0 amide bonds. The second-order valence-electron chi connectivity index (χ2n) is 3.84. The van der Waals surface area contributed by atoms with Crippen molar-refractivity contribution in [1.82, 2.24) is 0 Å². The quantitative estimate of drug-likeness (QED) is 0.447. The van der Waals surface area contributed by atoms with E-state index >= 15 is 0 Å². The van der Waals surface area contributed by atoms with Gasteiger partial charge in [-0.3, -0.25) is 10.1 Å². The molecule has 1 aromatic carbocycles. The van der Waals surface area contributed by atoms with Gasteiger partial charge in [0.25, 0.3) is 5.69 Å². The molecule has 4 nitrogen and oxygen atoms in total. The lowest BCUT2D eigenvalue weighted by atomic mass is 9.94. The standard InChI is InChI=1S/C10H12NO3Si/c1-7-5-4-6-8(9(7)11(12)13)10(2,3)14-15/h4-6H,1-3H3. The van der Waals surface area contributed by atoms with Crippen LogP contribution in [0, 0.1) is 17.0 Å². The molecule has 15 heavy (non-hydrogen) atoms. The molecule has 0 aliphatic heterocycles. The van der Waals surface area contributed by atoms with Crippen molar-refractivity contribution in [3.05, 3.63) is 39.4 Å². The van der Waals surface area contributed by atoms with Gasteiger partial charge >= 0.3 is 0 Å². The number of hydrogen-bond donors (Lipinski definition) is 0. The first-order valence-electron chi connectivity index (χ1n) is 4.49. The summed E-state index contributed by atoms with van der Waals surface area (Å²) in [6.45, 7) is 5.24. The molecule has 0 unspecified atom stereocenters. The number of aryl methyl sites for hydroxylation is 1. The van der Waals surface area contributed by atoms with E-state index < -0.39 is 5.60 Å². The topological polar surface area (TPSA) is 52.4 Å². The third kappa shape index (κ3) is 2.24. The Morgan fingerprint density at radius 1 is 1.47 bits per heavy atom. The molecule has 3 radical (unpaired) electrons. The fourth-order valence-corrected chi connectivity index (χ4v) is 1.55. The van der Waals surface area contributed by atoms with Crippen LogP contribution in [0.1, 0.15) is 25.0 Å². The second-order valence-corrected chi connectivity index (χ2v) is 4.04. The highest BCUT2D eigenvalue weighted by Gasteiger charge is 2.29. The predicted molar refractivity (Wildman–Crippen MR) is 57.7 cm³/mol. The molecule has 0 aliphatic carbocycles. The molecule has 0 aromatic heterocycles. The third-order valence-electron chi connectivity index (χ3n) is 2.32. The largest absolute Gasteiger partial charge is 0.409 e. The van der Waals surface area contributed by atoms with Crippen LogP contribution in [0.25, 0.3) is 0 Å². The van der Waals surface area contributed by atoms with Gasteiger partial charge in [0.15, 0.2) is 0 Å². The summed E-state index contributed by atoms with van der Waals surface area (Å²) in [5.74, 6) is 0. The lowest BCUT2D eigenvalue weighted by molar-refractivity contribution is -0.387. The summed E-state index contributed by atoms with van der Waals surface area (Å²) in [4.78, 5) is 10.6. The molecule has 1 rings (SSSR count). The number of rotatable bonds is 3. The van der Waals surface area contributed by atoms with E-state index in [2.05, 4.69) is 10.5 Å². The van der Waals surface area contributed by atoms with Crippen LogP contribution >= 0.6 is 0 Å². The Labute approximate surface area is 92.0 Å². The average Bonchev–Trinajstić information content (AvgIpc) is 2.16. The molecule has 79 valence electrons. The van der Waals surface area contributed by atoms with E-state index in [1.54, 1.807) is 39.0 Å². The number of para-hydroxylation sites is 1. The highest BCUT2D eigenvalue weighted by Crippen LogP contribution is 2.33. The van der Waals surface area contributed by atoms with Crippen molar-refractivity contribution in [2.24, 2.45) is 0 Å². The number of hydrogen-bond acceptors (Lipinski definition) is 3. The summed E-state index contributed by atoms with van der Waals surface area (Å²) >= 11 is 0. The van der Waals surface area contributed by atoms with Crippen LogP contribution in [-0.4, -0.2) is 15.4 Å². The summed E-state index contributed by atoms with van der Waals surface area (Å²) in [6, 6.07) is 5.20. The minimum Gasteiger partial charge on any atom is -0.409 e. The molecular weight excluding hydrogens is 210 g/mol. The molecular formula is C10H12NO3Si. The van der Waals surface area contributed by atoms with E-state index in [-0.39, 0.29) is 10.6 Å². The Kier molecular flexibility index (Phi) is 3.26. The fourth-order valence-electron chi connectivity index (χ4n) is 1.44. The Morgan fingerprint density at radius 3 is 2.53 bits per heavy atom. The van der Waals surface area contributed by atoms with Crippen molar-refractivity contribution < 1.29 is 9.35 Å². The van der Waals surface area contributed by atoms with E-state index in [4.69, 9.17) is 4.43 Å². The first-order valence-corrected chi connectivity index (χ1v) is 4.90. The molecule has 0 N–H and O–H groups in total. The minimum atomic E-state index is -0.731. The second kappa shape index (κ2) is 4.12. The van der Waals surface area contributed by atoms with Crippen LogP contribution in [0.15, 0.2) is 18.2 Å². The maximum atomic E-state index is 10.9. The highest BCUT2D eigenvalue weighted by molar-refractivity contribution is 5.98. The molecule has 1 aromatic rings. The van der Waals surface area contributed by atoms with Crippen molar-refractivity contribution in [3.63, 3.8) is 0 Å². The van der Waals surface area contributed by atoms with Gasteiger partial charge in [0.2, 0.25) is 10.5 Å². The summed E-state index contributed by atoms with van der Waals surface area (Å²) in [6.07, 6.45) is 0. The maximum Gasteiger partial charge on any atom is 0.278 e. The van der Waals surface area contributed by atoms with Gasteiger partial charge in [0.1, 0.15) is 0 Å². The minimum absolute atomic E-state index is 0.112. The van der Waals surface area contributed by atoms with Crippen LogP contribution in [0.4, 0.5) is 5.69 Å². The van der Waals surface area contributed by atoms with Gasteiger partial charge in [-0.1, -0.05) is 12.1 Å². The molecule has 0 fully saturated rings.